The Kier molecular flexibility index (Phi) is 8.38. The normalized spacial score (nSPS) is 10.2. The molecular weight excluding hydrogens is 328 g/mol. The van der Waals surface area contributed by atoms with Gasteiger partial charge in [-0.25, -0.2) is 0 Å². The number of carbonyl (C=O) groups is 2. The van der Waals surface area contributed by atoms with Crippen molar-refractivity contribution in [3.8, 4) is 5.75 Å². The van der Waals surface area contributed by atoms with Crippen molar-refractivity contribution in [2.75, 3.05) is 27.3 Å². The number of ether oxygens (including phenoxy) is 2. The zero-order valence-electron chi connectivity index (χ0n) is 14.8. The van der Waals surface area contributed by atoms with Crippen LogP contribution in [-0.2, 0) is 9.53 Å². The molecule has 0 unspecified atom stereocenters. The number of methoxy groups -OCH3 is 2. The minimum Gasteiger partial charge on any atom is -0.490 e. The summed E-state index contributed by atoms with van der Waals surface area (Å²) in [6.45, 7) is 2.73. The molecular formula is C17H24N2O6. The smallest absolute Gasteiger partial charge is 0.311 e. The van der Waals surface area contributed by atoms with E-state index >= 15 is 0 Å². The summed E-state index contributed by atoms with van der Waals surface area (Å²) in [4.78, 5) is 36.2. The number of amides is 1. The molecule has 0 aliphatic carbocycles. The van der Waals surface area contributed by atoms with Crippen LogP contribution in [0.15, 0.2) is 18.2 Å². The van der Waals surface area contributed by atoms with Gasteiger partial charge in [-0.05, 0) is 18.6 Å². The SMILES string of the molecule is CCCCCN(CCC(=O)OC)C(=O)c1ccc(OC)c([N+](=O)[O-])c1. The number of unbranched alkanes of at least 4 members (excludes halogenated alkanes) is 2. The van der Waals surface area contributed by atoms with Crippen LogP contribution in [0.1, 0.15) is 43.0 Å². The number of hydrogen-bond acceptors (Lipinski definition) is 6. The van der Waals surface area contributed by atoms with Gasteiger partial charge in [0, 0.05) is 24.7 Å². The van der Waals surface area contributed by atoms with Crippen molar-refractivity contribution < 1.29 is 24.0 Å². The summed E-state index contributed by atoms with van der Waals surface area (Å²) >= 11 is 0. The van der Waals surface area contributed by atoms with Crippen LogP contribution >= 0.6 is 0 Å². The number of esters is 1. The monoisotopic (exact) mass is 352 g/mol. The second-order valence-corrected chi connectivity index (χ2v) is 5.47. The molecule has 0 spiro atoms. The zero-order chi connectivity index (χ0) is 18.8. The number of carbonyl (C=O) groups excluding carboxylic acids is 2. The van der Waals surface area contributed by atoms with Gasteiger partial charge in [-0.3, -0.25) is 19.7 Å². The van der Waals surface area contributed by atoms with Crippen molar-refractivity contribution in [3.63, 3.8) is 0 Å². The van der Waals surface area contributed by atoms with Gasteiger partial charge in [0.25, 0.3) is 5.91 Å². The van der Waals surface area contributed by atoms with Gasteiger partial charge >= 0.3 is 11.7 Å². The molecule has 0 fully saturated rings. The lowest BCUT2D eigenvalue weighted by Gasteiger charge is -2.22. The number of hydrogen-bond donors (Lipinski definition) is 0. The number of nitro groups is 1. The fourth-order valence-corrected chi connectivity index (χ4v) is 2.34. The van der Waals surface area contributed by atoms with E-state index in [-0.39, 0.29) is 35.9 Å². The molecule has 0 N–H and O–H groups in total. The van der Waals surface area contributed by atoms with Gasteiger partial charge in [-0.1, -0.05) is 19.8 Å². The predicted molar refractivity (Wildman–Crippen MR) is 91.7 cm³/mol. The highest BCUT2D eigenvalue weighted by atomic mass is 16.6. The van der Waals surface area contributed by atoms with Crippen LogP contribution in [0.5, 0.6) is 5.75 Å². The maximum Gasteiger partial charge on any atom is 0.311 e. The zero-order valence-corrected chi connectivity index (χ0v) is 14.8. The maximum absolute atomic E-state index is 12.7. The second-order valence-electron chi connectivity index (χ2n) is 5.47. The third-order valence-corrected chi connectivity index (χ3v) is 3.75. The summed E-state index contributed by atoms with van der Waals surface area (Å²) in [5.41, 5.74) is -0.0799. The summed E-state index contributed by atoms with van der Waals surface area (Å²) in [6, 6.07) is 4.08. The fraction of sp³-hybridized carbons (Fsp3) is 0.529. The first kappa shape index (κ1) is 20.4. The van der Waals surface area contributed by atoms with Gasteiger partial charge in [-0.15, -0.1) is 0 Å². The average molecular weight is 352 g/mol. The fourth-order valence-electron chi connectivity index (χ4n) is 2.34. The molecule has 138 valence electrons. The first-order valence-electron chi connectivity index (χ1n) is 8.13. The highest BCUT2D eigenvalue weighted by Gasteiger charge is 2.22. The molecule has 1 aromatic rings. The minimum absolute atomic E-state index is 0.0760. The number of benzene rings is 1. The molecule has 1 aromatic carbocycles. The molecule has 0 radical (unpaired) electrons. The molecule has 0 saturated carbocycles. The molecule has 1 rings (SSSR count). The van der Waals surface area contributed by atoms with Crippen LogP contribution in [-0.4, -0.2) is 49.0 Å². The summed E-state index contributed by atoms with van der Waals surface area (Å²) < 4.78 is 9.56. The lowest BCUT2D eigenvalue weighted by Crippen LogP contribution is -2.34. The molecule has 0 saturated heterocycles. The maximum atomic E-state index is 12.7. The Hall–Kier alpha value is -2.64. The van der Waals surface area contributed by atoms with Gasteiger partial charge in [0.1, 0.15) is 0 Å². The first-order valence-corrected chi connectivity index (χ1v) is 8.13. The highest BCUT2D eigenvalue weighted by molar-refractivity contribution is 5.95. The van der Waals surface area contributed by atoms with Gasteiger partial charge in [0.2, 0.25) is 0 Å². The van der Waals surface area contributed by atoms with Crippen molar-refractivity contribution >= 4 is 17.6 Å². The van der Waals surface area contributed by atoms with E-state index in [9.17, 15) is 19.7 Å². The van der Waals surface area contributed by atoms with Gasteiger partial charge in [0.15, 0.2) is 5.75 Å². The van der Waals surface area contributed by atoms with Gasteiger partial charge < -0.3 is 14.4 Å². The molecule has 0 bridgehead atoms. The molecule has 0 aromatic heterocycles. The van der Waals surface area contributed by atoms with E-state index in [4.69, 9.17) is 4.74 Å². The van der Waals surface area contributed by atoms with Crippen LogP contribution in [0.3, 0.4) is 0 Å². The number of nitro benzene ring substituents is 1. The summed E-state index contributed by atoms with van der Waals surface area (Å²) in [6.07, 6.45) is 2.81. The quantitative estimate of drug-likeness (QED) is 0.278. The Bertz CT molecular complexity index is 617. The van der Waals surface area contributed by atoms with Crippen LogP contribution < -0.4 is 4.74 Å². The van der Waals surface area contributed by atoms with E-state index in [1.54, 1.807) is 0 Å². The molecule has 0 heterocycles. The average Bonchev–Trinajstić information content (AvgIpc) is 2.62. The van der Waals surface area contributed by atoms with Crippen LogP contribution in [0, 0.1) is 10.1 Å². The minimum atomic E-state index is -0.592. The van der Waals surface area contributed by atoms with E-state index in [1.165, 1.54) is 37.3 Å². The standard InChI is InChI=1S/C17H24N2O6/c1-4-5-6-10-18(11-9-16(20)25-3)17(21)13-7-8-15(24-2)14(12-13)19(22)23/h7-8,12H,4-6,9-11H2,1-3H3. The van der Waals surface area contributed by atoms with Gasteiger partial charge in [-0.2, -0.15) is 0 Å². The van der Waals surface area contributed by atoms with Crippen LogP contribution in [0.25, 0.3) is 0 Å². The molecule has 1 amide bonds. The van der Waals surface area contributed by atoms with Crippen molar-refractivity contribution in [2.45, 2.75) is 32.6 Å². The van der Waals surface area contributed by atoms with E-state index in [2.05, 4.69) is 4.74 Å². The van der Waals surface area contributed by atoms with E-state index in [0.29, 0.717) is 6.54 Å². The molecule has 0 aliphatic heterocycles. The Morgan fingerprint density at radius 2 is 1.92 bits per heavy atom. The number of rotatable bonds is 10. The molecule has 8 nitrogen and oxygen atoms in total. The summed E-state index contributed by atoms with van der Waals surface area (Å²) in [5.74, 6) is -0.673. The molecule has 0 aliphatic rings. The molecule has 8 heteroatoms. The molecule has 0 atom stereocenters. The van der Waals surface area contributed by atoms with E-state index in [1.807, 2.05) is 6.92 Å². The highest BCUT2D eigenvalue weighted by Crippen LogP contribution is 2.28. The third-order valence-electron chi connectivity index (χ3n) is 3.75. The van der Waals surface area contributed by atoms with Crippen molar-refractivity contribution in [1.29, 1.82) is 0 Å². The molecule has 25 heavy (non-hydrogen) atoms. The summed E-state index contributed by atoms with van der Waals surface area (Å²) in [7, 11) is 2.62. The lowest BCUT2D eigenvalue weighted by atomic mass is 10.1. The second kappa shape index (κ2) is 10.3. The van der Waals surface area contributed by atoms with Crippen LogP contribution in [0.2, 0.25) is 0 Å². The summed E-state index contributed by atoms with van der Waals surface area (Å²) in [5, 5.41) is 11.1. The number of nitrogens with zero attached hydrogens (tertiary/aromatic N) is 2. The Morgan fingerprint density at radius 3 is 2.48 bits per heavy atom. The Balaban J connectivity index is 2.99. The Morgan fingerprint density at radius 1 is 1.20 bits per heavy atom. The van der Waals surface area contributed by atoms with E-state index in [0.717, 1.165) is 19.3 Å². The Labute approximate surface area is 146 Å². The van der Waals surface area contributed by atoms with E-state index < -0.39 is 10.9 Å². The van der Waals surface area contributed by atoms with Crippen LogP contribution in [0.4, 0.5) is 5.69 Å². The topological polar surface area (TPSA) is 99.0 Å². The van der Waals surface area contributed by atoms with Crippen molar-refractivity contribution in [3.05, 3.63) is 33.9 Å². The lowest BCUT2D eigenvalue weighted by molar-refractivity contribution is -0.385. The van der Waals surface area contributed by atoms with Crippen molar-refractivity contribution in [2.24, 2.45) is 0 Å². The first-order chi connectivity index (χ1) is 11.9. The van der Waals surface area contributed by atoms with Gasteiger partial charge in [0.05, 0.1) is 25.6 Å². The predicted octanol–water partition coefficient (Wildman–Crippen LogP) is 2.80. The van der Waals surface area contributed by atoms with Crippen molar-refractivity contribution in [1.82, 2.24) is 4.90 Å². The largest absolute Gasteiger partial charge is 0.490 e. The third kappa shape index (κ3) is 6.06.